The molecule has 1 aliphatic heterocycles. The average molecular weight is 386 g/mol. The number of nitrogens with zero attached hydrogens (tertiary/aromatic N) is 1. The van der Waals surface area contributed by atoms with Gasteiger partial charge in [0.05, 0.1) is 10.7 Å². The van der Waals surface area contributed by atoms with Gasteiger partial charge in [-0.2, -0.15) is 0 Å². The fourth-order valence-electron chi connectivity index (χ4n) is 2.15. The third kappa shape index (κ3) is 2.98. The average Bonchev–Trinajstić information content (AvgIpc) is 2.76. The second-order valence-electron chi connectivity index (χ2n) is 4.87. The summed E-state index contributed by atoms with van der Waals surface area (Å²) in [5.41, 5.74) is 0.583. The lowest BCUT2D eigenvalue weighted by molar-refractivity contribution is -0.120. The van der Waals surface area contributed by atoms with Gasteiger partial charge in [0.1, 0.15) is 16.5 Å². The molecule has 3 rings (SSSR count). The van der Waals surface area contributed by atoms with Gasteiger partial charge in [-0.1, -0.05) is 34.8 Å². The summed E-state index contributed by atoms with van der Waals surface area (Å²) in [5.74, 6) is -2.04. The summed E-state index contributed by atoms with van der Waals surface area (Å²) in [6.07, 6.45) is 0. The van der Waals surface area contributed by atoms with Crippen molar-refractivity contribution in [1.29, 1.82) is 0 Å². The number of carbonyl (C=O) groups excluding carboxylic acids is 2. The first-order chi connectivity index (χ1) is 11.4. The molecule has 0 aliphatic carbocycles. The van der Waals surface area contributed by atoms with Crippen LogP contribution in [0.25, 0.3) is 0 Å². The maximum absolute atomic E-state index is 13.3. The lowest BCUT2D eigenvalue weighted by Gasteiger charge is -2.15. The molecule has 0 aromatic heterocycles. The number of carbonyl (C=O) groups is 2. The number of rotatable bonds is 3. The van der Waals surface area contributed by atoms with Crippen molar-refractivity contribution in [2.45, 2.75) is 0 Å². The molecule has 0 atom stereocenters. The Morgan fingerprint density at radius 3 is 2.21 bits per heavy atom. The van der Waals surface area contributed by atoms with Crippen molar-refractivity contribution in [2.24, 2.45) is 0 Å². The normalized spacial score (nSPS) is 14.6. The van der Waals surface area contributed by atoms with Crippen LogP contribution in [-0.4, -0.2) is 11.8 Å². The third-order valence-corrected chi connectivity index (χ3v) is 4.19. The Balaban J connectivity index is 1.92. The number of benzene rings is 2. The highest BCUT2D eigenvalue weighted by Gasteiger charge is 2.39. The van der Waals surface area contributed by atoms with Gasteiger partial charge in [-0.25, -0.2) is 9.29 Å². The smallest absolute Gasteiger partial charge is 0.283 e. The molecule has 0 bridgehead atoms. The van der Waals surface area contributed by atoms with Crippen LogP contribution in [-0.2, 0) is 9.59 Å². The Kier molecular flexibility index (Phi) is 4.49. The molecule has 4 nitrogen and oxygen atoms in total. The van der Waals surface area contributed by atoms with Crippen molar-refractivity contribution in [1.82, 2.24) is 0 Å². The highest BCUT2D eigenvalue weighted by atomic mass is 35.5. The SMILES string of the molecule is O=C1C(Cl)=C(Nc2ccc(Cl)cc2)C(=O)N1c1ccc(F)c(Cl)c1. The minimum atomic E-state index is -0.721. The van der Waals surface area contributed by atoms with Crippen LogP contribution in [0.1, 0.15) is 0 Å². The molecule has 0 saturated carbocycles. The monoisotopic (exact) mass is 384 g/mol. The Labute approximate surface area is 151 Å². The van der Waals surface area contributed by atoms with Gasteiger partial charge in [-0.3, -0.25) is 9.59 Å². The highest BCUT2D eigenvalue weighted by Crippen LogP contribution is 2.32. The molecule has 0 unspecified atom stereocenters. The lowest BCUT2D eigenvalue weighted by atomic mass is 10.2. The van der Waals surface area contributed by atoms with Gasteiger partial charge in [-0.05, 0) is 42.5 Å². The third-order valence-electron chi connectivity index (χ3n) is 3.30. The minimum absolute atomic E-state index is 0.0792. The van der Waals surface area contributed by atoms with Gasteiger partial charge in [0.15, 0.2) is 0 Å². The van der Waals surface area contributed by atoms with E-state index in [0.29, 0.717) is 10.7 Å². The highest BCUT2D eigenvalue weighted by molar-refractivity contribution is 6.53. The zero-order valence-electron chi connectivity index (χ0n) is 11.8. The summed E-state index contributed by atoms with van der Waals surface area (Å²) in [7, 11) is 0. The summed E-state index contributed by atoms with van der Waals surface area (Å²) in [6, 6.07) is 10.0. The van der Waals surface area contributed by atoms with Gasteiger partial charge < -0.3 is 5.32 Å². The van der Waals surface area contributed by atoms with Gasteiger partial charge in [0.25, 0.3) is 11.8 Å². The number of hydrogen-bond donors (Lipinski definition) is 1. The molecular formula is C16H8Cl3FN2O2. The minimum Gasteiger partial charge on any atom is -0.350 e. The molecule has 0 fully saturated rings. The van der Waals surface area contributed by atoms with E-state index in [4.69, 9.17) is 34.8 Å². The fourth-order valence-corrected chi connectivity index (χ4v) is 2.66. The van der Waals surface area contributed by atoms with Crippen LogP contribution in [0, 0.1) is 5.82 Å². The largest absolute Gasteiger partial charge is 0.350 e. The molecule has 1 aliphatic rings. The van der Waals surface area contributed by atoms with Crippen LogP contribution in [0.5, 0.6) is 0 Å². The zero-order chi connectivity index (χ0) is 17.4. The van der Waals surface area contributed by atoms with Crippen molar-refractivity contribution in [2.75, 3.05) is 10.2 Å². The molecule has 122 valence electrons. The number of nitrogens with one attached hydrogen (secondary N) is 1. The quantitative estimate of drug-likeness (QED) is 0.788. The van der Waals surface area contributed by atoms with Crippen LogP contribution in [0.2, 0.25) is 10.0 Å². The first-order valence-electron chi connectivity index (χ1n) is 6.64. The predicted octanol–water partition coefficient (Wildman–Crippen LogP) is 4.57. The molecule has 2 aromatic carbocycles. The second-order valence-corrected chi connectivity index (χ2v) is 6.09. The predicted molar refractivity (Wildman–Crippen MR) is 91.9 cm³/mol. The Morgan fingerprint density at radius 1 is 0.917 bits per heavy atom. The van der Waals surface area contributed by atoms with Crippen LogP contribution in [0.3, 0.4) is 0 Å². The number of halogens is 4. The van der Waals surface area contributed by atoms with Crippen molar-refractivity contribution >= 4 is 58.0 Å². The molecule has 1 heterocycles. The Hall–Kier alpha value is -2.08. The summed E-state index contributed by atoms with van der Waals surface area (Å²) >= 11 is 17.5. The van der Waals surface area contributed by atoms with Gasteiger partial charge in [0, 0.05) is 10.7 Å². The number of hydrogen-bond acceptors (Lipinski definition) is 3. The van der Waals surface area contributed by atoms with Crippen molar-refractivity contribution in [3.05, 3.63) is 69.1 Å². The Morgan fingerprint density at radius 2 is 1.58 bits per heavy atom. The van der Waals surface area contributed by atoms with Crippen LogP contribution >= 0.6 is 34.8 Å². The summed E-state index contributed by atoms with van der Waals surface area (Å²) in [4.78, 5) is 25.6. The zero-order valence-corrected chi connectivity index (χ0v) is 14.1. The van der Waals surface area contributed by atoms with E-state index in [1.165, 1.54) is 12.1 Å². The summed E-state index contributed by atoms with van der Waals surface area (Å²) < 4.78 is 13.3. The second kappa shape index (κ2) is 6.43. The number of imide groups is 1. The van der Waals surface area contributed by atoms with E-state index in [9.17, 15) is 14.0 Å². The van der Waals surface area contributed by atoms with Gasteiger partial charge >= 0.3 is 0 Å². The van der Waals surface area contributed by atoms with E-state index in [-0.39, 0.29) is 21.4 Å². The van der Waals surface area contributed by atoms with Gasteiger partial charge in [-0.15, -0.1) is 0 Å². The van der Waals surface area contributed by atoms with Gasteiger partial charge in [0.2, 0.25) is 0 Å². The molecule has 1 N–H and O–H groups in total. The van der Waals surface area contributed by atoms with Crippen LogP contribution < -0.4 is 10.2 Å². The summed E-state index contributed by atoms with van der Waals surface area (Å²) in [5, 5.41) is 2.85. The number of amides is 2. The van der Waals surface area contributed by atoms with E-state index in [0.717, 1.165) is 11.0 Å². The van der Waals surface area contributed by atoms with Crippen molar-refractivity contribution in [3.63, 3.8) is 0 Å². The maximum atomic E-state index is 13.3. The van der Waals surface area contributed by atoms with E-state index in [2.05, 4.69) is 5.32 Å². The van der Waals surface area contributed by atoms with E-state index in [1.807, 2.05) is 0 Å². The topological polar surface area (TPSA) is 49.4 Å². The number of anilines is 2. The van der Waals surface area contributed by atoms with Crippen LogP contribution in [0.15, 0.2) is 53.2 Å². The fraction of sp³-hybridized carbons (Fsp3) is 0. The Bertz CT molecular complexity index is 881. The summed E-state index contributed by atoms with van der Waals surface area (Å²) in [6.45, 7) is 0. The molecule has 2 aromatic rings. The molecule has 24 heavy (non-hydrogen) atoms. The maximum Gasteiger partial charge on any atom is 0.283 e. The molecule has 0 spiro atoms. The molecular weight excluding hydrogens is 378 g/mol. The lowest BCUT2D eigenvalue weighted by Crippen LogP contribution is -2.32. The van der Waals surface area contributed by atoms with Crippen molar-refractivity contribution < 1.29 is 14.0 Å². The standard InChI is InChI=1S/C16H8Cl3FN2O2/c17-8-1-3-9(4-2-8)21-14-13(19)15(23)22(16(14)24)10-5-6-12(20)11(18)7-10/h1-7,21H. The molecule has 0 radical (unpaired) electrons. The molecule has 2 amide bonds. The molecule has 0 saturated heterocycles. The van der Waals surface area contributed by atoms with E-state index in [1.54, 1.807) is 24.3 Å². The van der Waals surface area contributed by atoms with E-state index >= 15 is 0 Å². The first kappa shape index (κ1) is 16.8. The van der Waals surface area contributed by atoms with Crippen LogP contribution in [0.4, 0.5) is 15.8 Å². The van der Waals surface area contributed by atoms with Crippen molar-refractivity contribution in [3.8, 4) is 0 Å². The van der Waals surface area contributed by atoms with E-state index < -0.39 is 17.6 Å². The molecule has 8 heteroatoms. The first-order valence-corrected chi connectivity index (χ1v) is 7.78.